The molecule has 0 saturated carbocycles. The smallest absolute Gasteiger partial charge is 0.349 e. The van der Waals surface area contributed by atoms with Gasteiger partial charge in [0, 0.05) is 31.9 Å². The highest BCUT2D eigenvalue weighted by Crippen LogP contribution is 2.48. The van der Waals surface area contributed by atoms with Crippen LogP contribution in [0.1, 0.15) is 31.1 Å². The van der Waals surface area contributed by atoms with E-state index < -0.39 is 0 Å². The Balaban J connectivity index is 2.00. The predicted molar refractivity (Wildman–Crippen MR) is 93.9 cm³/mol. The van der Waals surface area contributed by atoms with Crippen molar-refractivity contribution in [3.05, 3.63) is 65.7 Å². The summed E-state index contributed by atoms with van der Waals surface area (Å²) in [4.78, 5) is 15.3. The van der Waals surface area contributed by atoms with Gasteiger partial charge in [0.05, 0.1) is 11.7 Å². The number of carbonyl (C=O) groups is 1. The van der Waals surface area contributed by atoms with Crippen LogP contribution in [0.3, 0.4) is 0 Å². The molecule has 2 bridgehead atoms. The highest BCUT2D eigenvalue weighted by atomic mass is 16.2. The molecule has 2 aliphatic rings. The molecule has 2 aliphatic heterocycles. The van der Waals surface area contributed by atoms with Crippen molar-refractivity contribution in [3.63, 3.8) is 0 Å². The van der Waals surface area contributed by atoms with E-state index in [0.29, 0.717) is 0 Å². The van der Waals surface area contributed by atoms with Crippen LogP contribution in [-0.4, -0.2) is 45.7 Å². The van der Waals surface area contributed by atoms with Crippen LogP contribution in [0.25, 0.3) is 5.57 Å². The SMILES string of the molecule is CCN(CC)C1=C(c2ccccc2)C2c3cccn3C(=O)N1N2C. The fourth-order valence-corrected chi connectivity index (χ4v) is 3.88. The summed E-state index contributed by atoms with van der Waals surface area (Å²) in [5.74, 6) is 1.01. The van der Waals surface area contributed by atoms with Gasteiger partial charge in [-0.2, -0.15) is 0 Å². The minimum atomic E-state index is -0.0124. The van der Waals surface area contributed by atoms with Gasteiger partial charge in [0.25, 0.3) is 0 Å². The summed E-state index contributed by atoms with van der Waals surface area (Å²) in [7, 11) is 2.00. The molecule has 0 saturated heterocycles. The Morgan fingerprint density at radius 3 is 2.42 bits per heavy atom. The van der Waals surface area contributed by atoms with Crippen LogP contribution >= 0.6 is 0 Å². The van der Waals surface area contributed by atoms with Crippen LogP contribution in [0.5, 0.6) is 0 Å². The van der Waals surface area contributed by atoms with Crippen molar-refractivity contribution < 1.29 is 4.79 Å². The molecule has 5 heteroatoms. The van der Waals surface area contributed by atoms with Gasteiger partial charge in [0.15, 0.2) is 0 Å². The summed E-state index contributed by atoms with van der Waals surface area (Å²) >= 11 is 0. The predicted octanol–water partition coefficient (Wildman–Crippen LogP) is 3.38. The minimum absolute atomic E-state index is 0.0124. The zero-order chi connectivity index (χ0) is 16.8. The van der Waals surface area contributed by atoms with Gasteiger partial charge in [-0.25, -0.2) is 14.8 Å². The molecular formula is C19H22N4O. The lowest BCUT2D eigenvalue weighted by Crippen LogP contribution is -2.50. The zero-order valence-corrected chi connectivity index (χ0v) is 14.3. The van der Waals surface area contributed by atoms with Crippen LogP contribution in [0.2, 0.25) is 0 Å². The number of aromatic nitrogens is 1. The van der Waals surface area contributed by atoms with E-state index in [-0.39, 0.29) is 12.1 Å². The Hall–Kier alpha value is -2.53. The molecule has 1 aromatic heterocycles. The fourth-order valence-electron chi connectivity index (χ4n) is 3.88. The summed E-state index contributed by atoms with van der Waals surface area (Å²) in [6, 6.07) is 14.4. The second-order valence-corrected chi connectivity index (χ2v) is 6.15. The van der Waals surface area contributed by atoms with Crippen LogP contribution in [0.4, 0.5) is 4.79 Å². The van der Waals surface area contributed by atoms with E-state index >= 15 is 0 Å². The summed E-state index contributed by atoms with van der Waals surface area (Å²) < 4.78 is 1.77. The Morgan fingerprint density at radius 1 is 1.04 bits per heavy atom. The summed E-state index contributed by atoms with van der Waals surface area (Å²) in [5.41, 5.74) is 3.40. The molecule has 1 atom stereocenters. The Labute approximate surface area is 142 Å². The monoisotopic (exact) mass is 322 g/mol. The van der Waals surface area contributed by atoms with E-state index in [9.17, 15) is 4.79 Å². The molecule has 0 aliphatic carbocycles. The topological polar surface area (TPSA) is 31.7 Å². The molecule has 124 valence electrons. The van der Waals surface area contributed by atoms with Crippen molar-refractivity contribution in [1.82, 2.24) is 19.5 Å². The van der Waals surface area contributed by atoms with E-state index in [1.54, 1.807) is 4.57 Å². The maximum Gasteiger partial charge on any atom is 0.349 e. The summed E-state index contributed by atoms with van der Waals surface area (Å²) in [6.07, 6.45) is 1.86. The van der Waals surface area contributed by atoms with Crippen molar-refractivity contribution in [2.75, 3.05) is 20.1 Å². The fraction of sp³-hybridized carbons (Fsp3) is 0.316. The number of rotatable bonds is 4. The first-order chi connectivity index (χ1) is 11.7. The van der Waals surface area contributed by atoms with Gasteiger partial charge < -0.3 is 4.90 Å². The number of benzene rings is 1. The van der Waals surface area contributed by atoms with E-state index in [2.05, 4.69) is 48.0 Å². The number of hydrazine groups is 1. The van der Waals surface area contributed by atoms with Crippen LogP contribution < -0.4 is 0 Å². The normalized spacial score (nSPS) is 19.9. The molecular weight excluding hydrogens is 300 g/mol. The molecule has 3 heterocycles. The lowest BCUT2D eigenvalue weighted by atomic mass is 9.96. The van der Waals surface area contributed by atoms with Crippen LogP contribution in [-0.2, 0) is 0 Å². The van der Waals surface area contributed by atoms with Crippen molar-refractivity contribution in [1.29, 1.82) is 0 Å². The van der Waals surface area contributed by atoms with Gasteiger partial charge in [0.1, 0.15) is 5.82 Å². The summed E-state index contributed by atoms with van der Waals surface area (Å²) in [6.45, 7) is 5.99. The number of hydrogen-bond donors (Lipinski definition) is 0. The molecule has 1 amide bonds. The molecule has 1 unspecified atom stereocenters. The van der Waals surface area contributed by atoms with E-state index in [1.807, 2.05) is 36.5 Å². The lowest BCUT2D eigenvalue weighted by molar-refractivity contribution is 0.0304. The lowest BCUT2D eigenvalue weighted by Gasteiger charge is -2.37. The van der Waals surface area contributed by atoms with Gasteiger partial charge in [-0.05, 0) is 31.5 Å². The third-order valence-electron chi connectivity index (χ3n) is 5.00. The molecule has 1 aromatic carbocycles. The van der Waals surface area contributed by atoms with E-state index in [4.69, 9.17) is 0 Å². The number of carbonyl (C=O) groups excluding carboxylic acids is 1. The van der Waals surface area contributed by atoms with Gasteiger partial charge in [0.2, 0.25) is 0 Å². The van der Waals surface area contributed by atoms with Crippen molar-refractivity contribution in [2.45, 2.75) is 19.9 Å². The Bertz CT molecular complexity index is 804. The second kappa shape index (κ2) is 5.53. The van der Waals surface area contributed by atoms with Gasteiger partial charge in [-0.3, -0.25) is 4.57 Å². The van der Waals surface area contributed by atoms with Crippen LogP contribution in [0.15, 0.2) is 54.5 Å². The average Bonchev–Trinajstić information content (AvgIpc) is 3.17. The van der Waals surface area contributed by atoms with Crippen molar-refractivity contribution in [3.8, 4) is 0 Å². The maximum atomic E-state index is 13.1. The van der Waals surface area contributed by atoms with E-state index in [0.717, 1.165) is 24.6 Å². The molecule has 2 aromatic rings. The van der Waals surface area contributed by atoms with Gasteiger partial charge in [-0.15, -0.1) is 0 Å². The molecule has 0 fully saturated rings. The standard InChI is InChI=1S/C19H22N4O/c1-4-21(5-2)18-16(14-10-7-6-8-11-14)17-15-12-9-13-22(15)19(24)23(18)20(17)3/h6-13,17H,4-5H2,1-3H3. The highest BCUT2D eigenvalue weighted by molar-refractivity contribution is 5.89. The van der Waals surface area contributed by atoms with Gasteiger partial charge >= 0.3 is 6.03 Å². The molecule has 4 rings (SSSR count). The van der Waals surface area contributed by atoms with Crippen molar-refractivity contribution >= 4 is 11.6 Å². The van der Waals surface area contributed by atoms with E-state index in [1.165, 1.54) is 11.1 Å². The van der Waals surface area contributed by atoms with Gasteiger partial charge in [-0.1, -0.05) is 30.3 Å². The number of fused-ring (bicyclic) bond motifs is 4. The highest BCUT2D eigenvalue weighted by Gasteiger charge is 2.48. The van der Waals surface area contributed by atoms with Crippen LogP contribution in [0, 0.1) is 0 Å². The zero-order valence-electron chi connectivity index (χ0n) is 14.3. The second-order valence-electron chi connectivity index (χ2n) is 6.15. The number of likely N-dealkylation sites (N-methyl/N-ethyl adjacent to an activating group) is 1. The maximum absolute atomic E-state index is 13.1. The molecule has 24 heavy (non-hydrogen) atoms. The Kier molecular flexibility index (Phi) is 3.46. The quantitative estimate of drug-likeness (QED) is 0.865. The third kappa shape index (κ3) is 1.88. The number of amides is 1. The first-order valence-corrected chi connectivity index (χ1v) is 8.48. The number of nitrogens with zero attached hydrogens (tertiary/aromatic N) is 4. The Morgan fingerprint density at radius 2 is 1.75 bits per heavy atom. The summed E-state index contributed by atoms with van der Waals surface area (Å²) in [5, 5.41) is 3.89. The number of hydrogen-bond acceptors (Lipinski definition) is 3. The average molecular weight is 322 g/mol. The van der Waals surface area contributed by atoms with Crippen molar-refractivity contribution in [2.24, 2.45) is 0 Å². The molecule has 0 spiro atoms. The third-order valence-corrected chi connectivity index (χ3v) is 5.00. The first kappa shape index (κ1) is 15.0. The molecule has 0 N–H and O–H groups in total. The molecule has 5 nitrogen and oxygen atoms in total. The molecule has 0 radical (unpaired) electrons. The minimum Gasteiger partial charge on any atom is -0.357 e. The first-order valence-electron chi connectivity index (χ1n) is 8.48. The largest absolute Gasteiger partial charge is 0.357 e.